The van der Waals surface area contributed by atoms with E-state index in [2.05, 4.69) is 30.7 Å². The summed E-state index contributed by atoms with van der Waals surface area (Å²) in [5.74, 6) is 1.04. The van der Waals surface area contributed by atoms with Gasteiger partial charge in [0.1, 0.15) is 11.5 Å². The van der Waals surface area contributed by atoms with Crippen LogP contribution in [0.25, 0.3) is 0 Å². The van der Waals surface area contributed by atoms with Crippen molar-refractivity contribution in [2.75, 3.05) is 25.0 Å². The molecule has 1 aliphatic heterocycles. The Morgan fingerprint density at radius 1 is 1.29 bits per heavy atom. The lowest BCUT2D eigenvalue weighted by Gasteiger charge is -2.33. The van der Waals surface area contributed by atoms with E-state index in [0.717, 1.165) is 31.0 Å². The zero-order valence-electron chi connectivity index (χ0n) is 13.5. The highest BCUT2D eigenvalue weighted by Gasteiger charge is 2.25. The number of hydrogen-bond donors (Lipinski definition) is 0. The molecule has 0 radical (unpaired) electrons. The molecule has 1 aromatic rings. The third-order valence-electron chi connectivity index (χ3n) is 3.62. The quantitative estimate of drug-likeness (QED) is 0.853. The fourth-order valence-corrected chi connectivity index (χ4v) is 2.31. The van der Waals surface area contributed by atoms with Crippen LogP contribution in [0.1, 0.15) is 33.6 Å². The third kappa shape index (κ3) is 4.31. The topological polar surface area (TPSA) is 36.4 Å². The van der Waals surface area contributed by atoms with Crippen LogP contribution in [-0.4, -0.2) is 35.8 Å². The molecule has 0 saturated carbocycles. The van der Waals surface area contributed by atoms with E-state index >= 15 is 0 Å². The van der Waals surface area contributed by atoms with Gasteiger partial charge in [-0.3, -0.25) is 4.79 Å². The third-order valence-corrected chi connectivity index (χ3v) is 3.62. The highest BCUT2D eigenvalue weighted by atomic mass is 16.1. The van der Waals surface area contributed by atoms with Crippen molar-refractivity contribution in [3.63, 3.8) is 0 Å². The second kappa shape index (κ2) is 6.29. The summed E-state index contributed by atoms with van der Waals surface area (Å²) in [6.45, 7) is 8.18. The molecule has 4 heteroatoms. The van der Waals surface area contributed by atoms with Crippen LogP contribution in [0.4, 0.5) is 5.82 Å². The number of anilines is 1. The van der Waals surface area contributed by atoms with Gasteiger partial charge in [0, 0.05) is 39.0 Å². The predicted octanol–water partition coefficient (Wildman–Crippen LogP) is 3.07. The monoisotopic (exact) mass is 287 g/mol. The minimum Gasteiger partial charge on any atom is -0.377 e. The summed E-state index contributed by atoms with van der Waals surface area (Å²) >= 11 is 0. The molecule has 0 spiro atoms. The Hall–Kier alpha value is -1.84. The molecule has 0 aliphatic carbocycles. The maximum absolute atomic E-state index is 12.6. The number of rotatable bonds is 4. The Morgan fingerprint density at radius 3 is 2.67 bits per heavy atom. The molecule has 0 unspecified atom stereocenters. The zero-order valence-corrected chi connectivity index (χ0v) is 13.5. The van der Waals surface area contributed by atoms with Crippen LogP contribution in [0.3, 0.4) is 0 Å². The molecule has 0 amide bonds. The number of hydrogen-bond acceptors (Lipinski definition) is 4. The van der Waals surface area contributed by atoms with E-state index in [0.29, 0.717) is 6.42 Å². The SMILES string of the molecule is CN1C=C(C(=O)CCC(C)(C)C)N(c2ccccn2)CC1. The normalized spacial score (nSPS) is 15.9. The average molecular weight is 287 g/mol. The van der Waals surface area contributed by atoms with Gasteiger partial charge < -0.3 is 9.80 Å². The smallest absolute Gasteiger partial charge is 0.180 e. The van der Waals surface area contributed by atoms with Crippen molar-refractivity contribution in [3.05, 3.63) is 36.3 Å². The van der Waals surface area contributed by atoms with E-state index in [-0.39, 0.29) is 11.2 Å². The summed E-state index contributed by atoms with van der Waals surface area (Å²) in [4.78, 5) is 21.1. The Morgan fingerprint density at radius 2 is 2.05 bits per heavy atom. The van der Waals surface area contributed by atoms with Crippen LogP contribution in [0.5, 0.6) is 0 Å². The highest BCUT2D eigenvalue weighted by Crippen LogP contribution is 2.25. The lowest BCUT2D eigenvalue weighted by atomic mass is 9.89. The maximum atomic E-state index is 12.6. The Labute approximate surface area is 127 Å². The van der Waals surface area contributed by atoms with Crippen LogP contribution in [0.2, 0.25) is 0 Å². The molecule has 2 heterocycles. The summed E-state index contributed by atoms with van der Waals surface area (Å²) in [7, 11) is 2.01. The van der Waals surface area contributed by atoms with E-state index in [1.807, 2.05) is 36.3 Å². The molecule has 4 nitrogen and oxygen atoms in total. The number of carbonyl (C=O) groups excluding carboxylic acids is 1. The van der Waals surface area contributed by atoms with Gasteiger partial charge in [-0.05, 0) is 24.0 Å². The van der Waals surface area contributed by atoms with E-state index < -0.39 is 0 Å². The fourth-order valence-electron chi connectivity index (χ4n) is 2.31. The first-order valence-electron chi connectivity index (χ1n) is 7.51. The first kappa shape index (κ1) is 15.5. The highest BCUT2D eigenvalue weighted by molar-refractivity contribution is 5.98. The van der Waals surface area contributed by atoms with Crippen molar-refractivity contribution in [2.45, 2.75) is 33.6 Å². The van der Waals surface area contributed by atoms with Crippen molar-refractivity contribution in [2.24, 2.45) is 5.41 Å². The number of ketones is 1. The largest absolute Gasteiger partial charge is 0.377 e. The maximum Gasteiger partial charge on any atom is 0.180 e. The van der Waals surface area contributed by atoms with Crippen molar-refractivity contribution < 1.29 is 4.79 Å². The summed E-state index contributed by atoms with van der Waals surface area (Å²) in [6, 6.07) is 5.80. The molecule has 0 fully saturated rings. The van der Waals surface area contributed by atoms with Crippen LogP contribution in [-0.2, 0) is 4.79 Å². The first-order chi connectivity index (χ1) is 9.87. The molecule has 0 N–H and O–H groups in total. The molecule has 2 rings (SSSR count). The van der Waals surface area contributed by atoms with E-state index in [1.54, 1.807) is 6.20 Å². The number of allylic oxidation sites excluding steroid dienone is 1. The van der Waals surface area contributed by atoms with Gasteiger partial charge in [0.2, 0.25) is 0 Å². The van der Waals surface area contributed by atoms with Crippen molar-refractivity contribution in [3.8, 4) is 0 Å². The standard InChI is InChI=1S/C17H25N3O/c1-17(2,3)9-8-15(21)14-13-19(4)11-12-20(14)16-7-5-6-10-18-16/h5-7,10,13H,8-9,11-12H2,1-4H3. The Bertz CT molecular complexity index is 517. The van der Waals surface area contributed by atoms with Gasteiger partial charge in [0.05, 0.1) is 0 Å². The van der Waals surface area contributed by atoms with Gasteiger partial charge in [-0.25, -0.2) is 4.98 Å². The summed E-state index contributed by atoms with van der Waals surface area (Å²) in [5, 5.41) is 0. The minimum atomic E-state index is 0.173. The molecule has 0 atom stereocenters. The zero-order chi connectivity index (χ0) is 15.5. The van der Waals surface area contributed by atoms with E-state index in [9.17, 15) is 4.79 Å². The number of nitrogens with zero attached hydrogens (tertiary/aromatic N) is 3. The molecule has 114 valence electrons. The molecule has 0 saturated heterocycles. The number of aromatic nitrogens is 1. The number of carbonyl (C=O) groups is 1. The number of Topliss-reactive ketones (excluding diaryl/α,β-unsaturated/α-hetero) is 1. The van der Waals surface area contributed by atoms with Crippen molar-refractivity contribution in [1.82, 2.24) is 9.88 Å². The van der Waals surface area contributed by atoms with Crippen LogP contribution >= 0.6 is 0 Å². The van der Waals surface area contributed by atoms with Crippen LogP contribution in [0.15, 0.2) is 36.3 Å². The summed E-state index contributed by atoms with van der Waals surface area (Å²) in [6.07, 6.45) is 5.18. The predicted molar refractivity (Wildman–Crippen MR) is 86.0 cm³/mol. The minimum absolute atomic E-state index is 0.173. The lowest BCUT2D eigenvalue weighted by molar-refractivity contribution is -0.116. The molecule has 1 aromatic heterocycles. The Kier molecular flexibility index (Phi) is 4.66. The second-order valence-corrected chi connectivity index (χ2v) is 6.82. The van der Waals surface area contributed by atoms with Crippen molar-refractivity contribution in [1.29, 1.82) is 0 Å². The van der Waals surface area contributed by atoms with Crippen LogP contribution in [0, 0.1) is 5.41 Å². The van der Waals surface area contributed by atoms with E-state index in [4.69, 9.17) is 0 Å². The molecular weight excluding hydrogens is 262 g/mol. The molecule has 1 aliphatic rings. The second-order valence-electron chi connectivity index (χ2n) is 6.82. The number of pyridine rings is 1. The average Bonchev–Trinajstić information content (AvgIpc) is 2.45. The summed E-state index contributed by atoms with van der Waals surface area (Å²) in [5.41, 5.74) is 0.929. The molecule has 21 heavy (non-hydrogen) atoms. The van der Waals surface area contributed by atoms with Gasteiger partial charge in [-0.1, -0.05) is 26.8 Å². The lowest BCUT2D eigenvalue weighted by Crippen LogP contribution is -2.40. The fraction of sp³-hybridized carbons (Fsp3) is 0.529. The number of likely N-dealkylation sites (N-methyl/N-ethyl adjacent to an activating group) is 1. The first-order valence-corrected chi connectivity index (χ1v) is 7.51. The molecule has 0 aromatic carbocycles. The van der Waals surface area contributed by atoms with Crippen molar-refractivity contribution >= 4 is 11.6 Å². The van der Waals surface area contributed by atoms with Gasteiger partial charge >= 0.3 is 0 Å². The van der Waals surface area contributed by atoms with E-state index in [1.165, 1.54) is 0 Å². The van der Waals surface area contributed by atoms with Gasteiger partial charge in [-0.2, -0.15) is 0 Å². The van der Waals surface area contributed by atoms with Crippen LogP contribution < -0.4 is 4.90 Å². The van der Waals surface area contributed by atoms with Gasteiger partial charge in [-0.15, -0.1) is 0 Å². The molecule has 0 bridgehead atoms. The molecular formula is C17H25N3O. The summed E-state index contributed by atoms with van der Waals surface area (Å²) < 4.78 is 0. The van der Waals surface area contributed by atoms with Gasteiger partial charge in [0.25, 0.3) is 0 Å². The Balaban J connectivity index is 2.18. The van der Waals surface area contributed by atoms with Gasteiger partial charge in [0.15, 0.2) is 5.78 Å².